The Morgan fingerprint density at radius 3 is 2.78 bits per heavy atom. The van der Waals surface area contributed by atoms with Crippen LogP contribution >= 0.6 is 0 Å². The normalized spacial score (nSPS) is 28.4. The average molecular weight is 313 g/mol. The van der Waals surface area contributed by atoms with Crippen LogP contribution in [0.3, 0.4) is 0 Å². The monoisotopic (exact) mass is 313 g/mol. The lowest BCUT2D eigenvalue weighted by atomic mass is 9.79. The largest absolute Gasteiger partial charge is 0.496 e. The van der Waals surface area contributed by atoms with Gasteiger partial charge in [-0.3, -0.25) is 4.90 Å². The zero-order valence-electron chi connectivity index (χ0n) is 14.6. The van der Waals surface area contributed by atoms with Crippen LogP contribution in [0.15, 0.2) is 18.2 Å². The Bertz CT molecular complexity index is 535. The van der Waals surface area contributed by atoms with Crippen molar-refractivity contribution in [3.63, 3.8) is 0 Å². The second kappa shape index (κ2) is 6.84. The minimum atomic E-state index is 0.750. The van der Waals surface area contributed by atoms with Crippen LogP contribution in [0, 0.1) is 5.92 Å². The smallest absolute Gasteiger partial charge is 0.122 e. The molecule has 0 spiro atoms. The van der Waals surface area contributed by atoms with Crippen LogP contribution in [0.25, 0.3) is 0 Å². The van der Waals surface area contributed by atoms with E-state index in [-0.39, 0.29) is 0 Å². The Labute approximate surface area is 141 Å². The molecule has 23 heavy (non-hydrogen) atoms. The topological polar surface area (TPSA) is 12.5 Å². The van der Waals surface area contributed by atoms with Crippen LogP contribution in [0.1, 0.15) is 68.4 Å². The highest BCUT2D eigenvalue weighted by Crippen LogP contribution is 2.44. The van der Waals surface area contributed by atoms with Crippen molar-refractivity contribution in [2.45, 2.75) is 69.7 Å². The van der Waals surface area contributed by atoms with E-state index in [1.54, 1.807) is 5.56 Å². The molecule has 1 aliphatic heterocycles. The van der Waals surface area contributed by atoms with Crippen molar-refractivity contribution in [1.29, 1.82) is 0 Å². The first-order valence-electron chi connectivity index (χ1n) is 9.76. The summed E-state index contributed by atoms with van der Waals surface area (Å²) in [6.07, 6.45) is 12.7. The summed E-state index contributed by atoms with van der Waals surface area (Å²) in [4.78, 5) is 2.82. The summed E-state index contributed by atoms with van der Waals surface area (Å²) < 4.78 is 5.60. The number of methoxy groups -OCH3 is 1. The second-order valence-electron chi connectivity index (χ2n) is 7.86. The molecule has 3 aliphatic rings. The first-order chi connectivity index (χ1) is 11.4. The van der Waals surface area contributed by atoms with Gasteiger partial charge in [-0.15, -0.1) is 0 Å². The van der Waals surface area contributed by atoms with Gasteiger partial charge in [-0.2, -0.15) is 0 Å². The molecule has 0 unspecified atom stereocenters. The van der Waals surface area contributed by atoms with E-state index in [0.29, 0.717) is 0 Å². The first kappa shape index (κ1) is 15.5. The molecule has 2 aliphatic carbocycles. The molecule has 0 bridgehead atoms. The van der Waals surface area contributed by atoms with E-state index in [1.807, 2.05) is 7.11 Å². The van der Waals surface area contributed by atoms with E-state index in [4.69, 9.17) is 4.74 Å². The molecule has 2 nitrogen and oxygen atoms in total. The van der Waals surface area contributed by atoms with Crippen LogP contribution in [-0.4, -0.2) is 31.1 Å². The molecular formula is C21H31NO. The van der Waals surface area contributed by atoms with Crippen LogP contribution in [0.5, 0.6) is 5.75 Å². The van der Waals surface area contributed by atoms with E-state index in [0.717, 1.165) is 23.6 Å². The van der Waals surface area contributed by atoms with Gasteiger partial charge in [0.05, 0.1) is 7.11 Å². The zero-order chi connectivity index (χ0) is 15.6. The molecule has 1 saturated heterocycles. The molecule has 4 rings (SSSR count). The number of likely N-dealkylation sites (tertiary alicyclic amines) is 1. The van der Waals surface area contributed by atoms with Gasteiger partial charge in [0.1, 0.15) is 5.75 Å². The van der Waals surface area contributed by atoms with E-state index in [9.17, 15) is 0 Å². The first-order valence-corrected chi connectivity index (χ1v) is 9.76. The number of hydrogen-bond acceptors (Lipinski definition) is 2. The van der Waals surface area contributed by atoms with Crippen molar-refractivity contribution in [1.82, 2.24) is 4.90 Å². The fourth-order valence-corrected chi connectivity index (χ4v) is 5.45. The van der Waals surface area contributed by atoms with Crippen LogP contribution < -0.4 is 4.74 Å². The van der Waals surface area contributed by atoms with Gasteiger partial charge in [0.2, 0.25) is 0 Å². The number of ether oxygens (including phenoxy) is 1. The SMILES string of the molecule is COc1cccc2c1CC[C@H]1[C@@H]2CCN1CCC1CCCCC1. The van der Waals surface area contributed by atoms with Gasteiger partial charge in [0, 0.05) is 12.0 Å². The standard InChI is InChI=1S/C21H31NO/c1-23-21-9-5-8-17-18-13-15-22(20(18)11-10-19(17)21)14-12-16-6-3-2-4-7-16/h5,8-9,16,18,20H,2-4,6-7,10-15H2,1H3/t18-,20+/m1/s1. The highest BCUT2D eigenvalue weighted by Gasteiger charge is 2.39. The average Bonchev–Trinajstić information content (AvgIpc) is 3.04. The van der Waals surface area contributed by atoms with Crippen molar-refractivity contribution in [2.24, 2.45) is 5.92 Å². The third-order valence-electron chi connectivity index (χ3n) is 6.69. The minimum absolute atomic E-state index is 0.750. The molecule has 126 valence electrons. The third-order valence-corrected chi connectivity index (χ3v) is 6.69. The molecule has 0 radical (unpaired) electrons. The van der Waals surface area contributed by atoms with Gasteiger partial charge in [-0.1, -0.05) is 44.2 Å². The van der Waals surface area contributed by atoms with Gasteiger partial charge >= 0.3 is 0 Å². The summed E-state index contributed by atoms with van der Waals surface area (Å²) >= 11 is 0. The molecule has 2 fully saturated rings. The lowest BCUT2D eigenvalue weighted by molar-refractivity contribution is 0.199. The second-order valence-corrected chi connectivity index (χ2v) is 7.86. The maximum Gasteiger partial charge on any atom is 0.122 e. The summed E-state index contributed by atoms with van der Waals surface area (Å²) in [5, 5.41) is 0. The van der Waals surface area contributed by atoms with Gasteiger partial charge in [0.15, 0.2) is 0 Å². The Balaban J connectivity index is 1.42. The molecule has 2 heteroatoms. The third kappa shape index (κ3) is 3.03. The maximum absolute atomic E-state index is 5.60. The fourth-order valence-electron chi connectivity index (χ4n) is 5.45. The fraction of sp³-hybridized carbons (Fsp3) is 0.714. The minimum Gasteiger partial charge on any atom is -0.496 e. The van der Waals surface area contributed by atoms with E-state index in [1.165, 1.54) is 76.4 Å². The summed E-state index contributed by atoms with van der Waals surface area (Å²) in [5.74, 6) is 2.88. The Morgan fingerprint density at radius 2 is 1.96 bits per heavy atom. The molecule has 1 heterocycles. The molecule has 1 saturated carbocycles. The zero-order valence-corrected chi connectivity index (χ0v) is 14.6. The Morgan fingerprint density at radius 1 is 1.09 bits per heavy atom. The van der Waals surface area contributed by atoms with Gasteiger partial charge in [0.25, 0.3) is 0 Å². The van der Waals surface area contributed by atoms with Gasteiger partial charge in [-0.25, -0.2) is 0 Å². The summed E-state index contributed by atoms with van der Waals surface area (Å²) in [6.45, 7) is 2.64. The van der Waals surface area contributed by atoms with Crippen molar-refractivity contribution < 1.29 is 4.74 Å². The highest BCUT2D eigenvalue weighted by molar-refractivity contribution is 5.45. The van der Waals surface area contributed by atoms with E-state index >= 15 is 0 Å². The molecule has 0 N–H and O–H groups in total. The summed E-state index contributed by atoms with van der Waals surface area (Å²) in [7, 11) is 1.81. The summed E-state index contributed by atoms with van der Waals surface area (Å²) in [6, 6.07) is 7.47. The van der Waals surface area contributed by atoms with Crippen molar-refractivity contribution in [3.8, 4) is 5.75 Å². The Hall–Kier alpha value is -1.02. The highest BCUT2D eigenvalue weighted by atomic mass is 16.5. The molecule has 0 aromatic heterocycles. The molecule has 1 aromatic carbocycles. The summed E-state index contributed by atoms with van der Waals surface area (Å²) in [5.41, 5.74) is 3.08. The molecule has 1 aromatic rings. The quantitative estimate of drug-likeness (QED) is 0.794. The van der Waals surface area contributed by atoms with Crippen LogP contribution in [-0.2, 0) is 6.42 Å². The number of benzene rings is 1. The van der Waals surface area contributed by atoms with Crippen molar-refractivity contribution in [3.05, 3.63) is 29.3 Å². The number of fused-ring (bicyclic) bond motifs is 3. The van der Waals surface area contributed by atoms with Crippen LogP contribution in [0.2, 0.25) is 0 Å². The lowest BCUT2D eigenvalue weighted by Gasteiger charge is -2.35. The van der Waals surface area contributed by atoms with Crippen molar-refractivity contribution >= 4 is 0 Å². The Kier molecular flexibility index (Phi) is 4.61. The number of nitrogens with zero attached hydrogens (tertiary/aromatic N) is 1. The predicted octanol–water partition coefficient (Wildman–Crippen LogP) is 4.77. The lowest BCUT2D eigenvalue weighted by Crippen LogP contribution is -2.36. The molecule has 2 atom stereocenters. The number of rotatable bonds is 4. The van der Waals surface area contributed by atoms with Crippen molar-refractivity contribution in [2.75, 3.05) is 20.2 Å². The predicted molar refractivity (Wildman–Crippen MR) is 95.2 cm³/mol. The van der Waals surface area contributed by atoms with Crippen LogP contribution in [0.4, 0.5) is 0 Å². The molecule has 0 amide bonds. The van der Waals surface area contributed by atoms with Gasteiger partial charge in [-0.05, 0) is 61.9 Å². The van der Waals surface area contributed by atoms with E-state index in [2.05, 4.69) is 23.1 Å². The van der Waals surface area contributed by atoms with Gasteiger partial charge < -0.3 is 4.74 Å². The number of hydrogen-bond donors (Lipinski definition) is 0. The maximum atomic E-state index is 5.60. The molecular weight excluding hydrogens is 282 g/mol. The van der Waals surface area contributed by atoms with E-state index < -0.39 is 0 Å².